The number of carbonyl (C=O) groups is 1. The first kappa shape index (κ1) is 26.7. The third-order valence-corrected chi connectivity index (χ3v) is 8.12. The minimum atomic E-state index is -3.91. The van der Waals surface area contributed by atoms with Gasteiger partial charge in [0.25, 0.3) is 10.0 Å². The molecule has 2 atom stereocenters. The molecule has 37 heavy (non-hydrogen) atoms. The van der Waals surface area contributed by atoms with Crippen molar-refractivity contribution >= 4 is 38.5 Å². The van der Waals surface area contributed by atoms with Gasteiger partial charge < -0.3 is 14.5 Å². The van der Waals surface area contributed by atoms with Crippen LogP contribution in [0.2, 0.25) is 0 Å². The fourth-order valence-electron chi connectivity index (χ4n) is 4.56. The highest BCUT2D eigenvalue weighted by Gasteiger charge is 2.36. The van der Waals surface area contributed by atoms with Crippen molar-refractivity contribution in [1.29, 1.82) is 0 Å². The van der Waals surface area contributed by atoms with Gasteiger partial charge in [0.05, 0.1) is 10.3 Å². The lowest BCUT2D eigenvalue weighted by molar-refractivity contribution is 0.0130. The average Bonchev–Trinajstić information content (AvgIpc) is 3.20. The van der Waals surface area contributed by atoms with Gasteiger partial charge in [0.1, 0.15) is 17.7 Å². The number of aromatic nitrogens is 3. The molecule has 0 saturated carbocycles. The van der Waals surface area contributed by atoms with Crippen molar-refractivity contribution in [3.63, 3.8) is 0 Å². The molecule has 1 amide bonds. The number of hydrogen-bond donors (Lipinski definition) is 0. The molecular formula is C27H35N5O4S. The summed E-state index contributed by atoms with van der Waals surface area (Å²) in [6.45, 7) is 18.3. The van der Waals surface area contributed by atoms with Crippen molar-refractivity contribution in [3.8, 4) is 0 Å². The highest BCUT2D eigenvalue weighted by molar-refractivity contribution is 7.90. The fraction of sp³-hybridized carbons (Fsp3) is 0.444. The Morgan fingerprint density at radius 2 is 1.73 bits per heavy atom. The second-order valence-electron chi connectivity index (χ2n) is 10.8. The van der Waals surface area contributed by atoms with E-state index in [2.05, 4.69) is 21.4 Å². The van der Waals surface area contributed by atoms with Gasteiger partial charge >= 0.3 is 6.09 Å². The largest absolute Gasteiger partial charge is 0.444 e. The first-order valence-electron chi connectivity index (χ1n) is 12.3. The number of aryl methyl sites for hydroxylation is 1. The lowest BCUT2D eigenvalue weighted by atomic mass is 10.1. The van der Waals surface area contributed by atoms with Gasteiger partial charge in [0, 0.05) is 36.9 Å². The minimum Gasteiger partial charge on any atom is -0.444 e. The first-order valence-corrected chi connectivity index (χ1v) is 13.7. The van der Waals surface area contributed by atoms with Crippen LogP contribution in [0.15, 0.2) is 48.3 Å². The van der Waals surface area contributed by atoms with Crippen molar-refractivity contribution in [2.24, 2.45) is 0 Å². The second-order valence-corrected chi connectivity index (χ2v) is 12.6. The molecule has 1 aliphatic heterocycles. The molecule has 0 unspecified atom stereocenters. The summed E-state index contributed by atoms with van der Waals surface area (Å²) in [5.74, 6) is 0.615. The average molecular weight is 526 g/mol. The SMILES string of the molecule is C=C(C)c1cn(S(=O)(=O)c2ccc(C)cc2)c2ncnc(N3C[C@@H](C)N(C(=O)OC(C)(C)C)C[C@@H]3C)c12. The van der Waals surface area contributed by atoms with Gasteiger partial charge in [-0.15, -0.1) is 0 Å². The molecule has 1 fully saturated rings. The number of rotatable bonds is 4. The molecule has 0 radical (unpaired) electrons. The van der Waals surface area contributed by atoms with Gasteiger partial charge in [-0.05, 0) is 66.2 Å². The number of piperazine rings is 1. The van der Waals surface area contributed by atoms with Crippen LogP contribution in [-0.2, 0) is 14.8 Å². The van der Waals surface area contributed by atoms with Gasteiger partial charge in [-0.25, -0.2) is 27.2 Å². The third-order valence-electron chi connectivity index (χ3n) is 6.46. The Morgan fingerprint density at radius 3 is 2.32 bits per heavy atom. The molecule has 4 rings (SSSR count). The van der Waals surface area contributed by atoms with E-state index < -0.39 is 15.6 Å². The van der Waals surface area contributed by atoms with E-state index in [1.807, 2.05) is 48.5 Å². The Bertz CT molecular complexity index is 1450. The number of carbonyl (C=O) groups excluding carboxylic acids is 1. The summed E-state index contributed by atoms with van der Waals surface area (Å²) in [6.07, 6.45) is 2.61. The Kier molecular flexibility index (Phi) is 6.83. The van der Waals surface area contributed by atoms with Gasteiger partial charge in [-0.2, -0.15) is 0 Å². The van der Waals surface area contributed by atoms with Gasteiger partial charge in [-0.3, -0.25) is 0 Å². The summed E-state index contributed by atoms with van der Waals surface area (Å²) in [5, 5.41) is 0.621. The number of nitrogens with zero attached hydrogens (tertiary/aromatic N) is 5. The van der Waals surface area contributed by atoms with Crippen LogP contribution < -0.4 is 4.90 Å². The van der Waals surface area contributed by atoms with Crippen LogP contribution in [0.4, 0.5) is 10.6 Å². The molecule has 3 heterocycles. The van der Waals surface area contributed by atoms with Crippen molar-refractivity contribution in [3.05, 3.63) is 54.5 Å². The lowest BCUT2D eigenvalue weighted by Crippen LogP contribution is -2.59. The summed E-state index contributed by atoms with van der Waals surface area (Å²) in [6, 6.07) is 6.48. The van der Waals surface area contributed by atoms with Crippen molar-refractivity contribution in [2.45, 2.75) is 71.0 Å². The molecule has 0 spiro atoms. The molecule has 2 aromatic heterocycles. The van der Waals surface area contributed by atoms with E-state index >= 15 is 0 Å². The molecule has 3 aromatic rings. The monoisotopic (exact) mass is 525 g/mol. The number of allylic oxidation sites excluding steroid dienone is 1. The normalized spacial score (nSPS) is 18.8. The Labute approximate surface area is 218 Å². The molecule has 1 saturated heterocycles. The number of ether oxygens (including phenoxy) is 1. The van der Waals surface area contributed by atoms with E-state index in [-0.39, 0.29) is 28.7 Å². The van der Waals surface area contributed by atoms with Crippen LogP contribution in [-0.4, -0.2) is 64.1 Å². The quantitative estimate of drug-likeness (QED) is 0.481. The first-order chi connectivity index (χ1) is 17.2. The summed E-state index contributed by atoms with van der Waals surface area (Å²) < 4.78 is 34.1. The zero-order chi connectivity index (χ0) is 27.3. The number of benzene rings is 1. The Morgan fingerprint density at radius 1 is 1.08 bits per heavy atom. The highest BCUT2D eigenvalue weighted by Crippen LogP contribution is 2.36. The molecule has 198 valence electrons. The maximum Gasteiger partial charge on any atom is 0.410 e. The van der Waals surface area contributed by atoms with Crippen molar-refractivity contribution in [1.82, 2.24) is 18.8 Å². The smallest absolute Gasteiger partial charge is 0.410 e. The van der Waals surface area contributed by atoms with Crippen LogP contribution in [0, 0.1) is 6.92 Å². The van der Waals surface area contributed by atoms with Gasteiger partial charge in [-0.1, -0.05) is 24.3 Å². The Balaban J connectivity index is 1.79. The van der Waals surface area contributed by atoms with Gasteiger partial charge in [0.15, 0.2) is 5.65 Å². The van der Waals surface area contributed by atoms with E-state index in [4.69, 9.17) is 4.74 Å². The third kappa shape index (κ3) is 5.07. The summed E-state index contributed by atoms with van der Waals surface area (Å²) in [4.78, 5) is 25.8. The predicted octanol–water partition coefficient (Wildman–Crippen LogP) is 4.84. The number of fused-ring (bicyclic) bond motifs is 1. The number of amides is 1. The minimum absolute atomic E-state index is 0.100. The summed E-state index contributed by atoms with van der Waals surface area (Å²) in [5.41, 5.74) is 2.04. The fourth-order valence-corrected chi connectivity index (χ4v) is 5.88. The molecule has 10 heteroatoms. The predicted molar refractivity (Wildman–Crippen MR) is 145 cm³/mol. The summed E-state index contributed by atoms with van der Waals surface area (Å²) >= 11 is 0. The number of hydrogen-bond acceptors (Lipinski definition) is 7. The standard InChI is InChI=1S/C27H35N5O4S/c1-17(2)22-15-32(37(34,35)21-11-9-18(3)10-12-21)25-23(22)24(28-16-29-25)30-13-20(5)31(14-19(30)4)26(33)36-27(6,7)8/h9-12,15-16,19-20H,1,13-14H2,2-8H3/t19-,20+/m0/s1. The van der Waals surface area contributed by atoms with Crippen molar-refractivity contribution in [2.75, 3.05) is 18.0 Å². The maximum atomic E-state index is 13.6. The molecular weight excluding hydrogens is 490 g/mol. The van der Waals surface area contributed by atoms with Crippen LogP contribution in [0.3, 0.4) is 0 Å². The second kappa shape index (κ2) is 9.48. The van der Waals surface area contributed by atoms with E-state index in [0.717, 1.165) is 5.56 Å². The lowest BCUT2D eigenvalue weighted by Gasteiger charge is -2.44. The molecule has 0 N–H and O–H groups in total. The van der Waals surface area contributed by atoms with Crippen LogP contribution in [0.25, 0.3) is 16.6 Å². The maximum absolute atomic E-state index is 13.6. The van der Waals surface area contributed by atoms with E-state index in [9.17, 15) is 13.2 Å². The van der Waals surface area contributed by atoms with Crippen LogP contribution in [0.5, 0.6) is 0 Å². The number of anilines is 1. The van der Waals surface area contributed by atoms with Crippen LogP contribution in [0.1, 0.15) is 52.7 Å². The van der Waals surface area contributed by atoms with Crippen molar-refractivity contribution < 1.29 is 17.9 Å². The zero-order valence-corrected chi connectivity index (χ0v) is 23.3. The topological polar surface area (TPSA) is 97.6 Å². The van der Waals surface area contributed by atoms with E-state index in [1.54, 1.807) is 35.4 Å². The van der Waals surface area contributed by atoms with E-state index in [1.165, 1.54) is 10.3 Å². The van der Waals surface area contributed by atoms with Gasteiger partial charge in [0.2, 0.25) is 0 Å². The van der Waals surface area contributed by atoms with Crippen LogP contribution >= 0.6 is 0 Å². The zero-order valence-electron chi connectivity index (χ0n) is 22.5. The molecule has 0 bridgehead atoms. The molecule has 0 aliphatic carbocycles. The molecule has 1 aromatic carbocycles. The molecule has 1 aliphatic rings. The summed E-state index contributed by atoms with van der Waals surface area (Å²) in [7, 11) is -3.91. The Hall–Kier alpha value is -3.40. The van der Waals surface area contributed by atoms with E-state index in [0.29, 0.717) is 35.4 Å². The highest BCUT2D eigenvalue weighted by atomic mass is 32.2. The molecule has 9 nitrogen and oxygen atoms in total.